The Labute approximate surface area is 159 Å². The third-order valence-corrected chi connectivity index (χ3v) is 5.19. The Kier molecular flexibility index (Phi) is 5.25. The van der Waals surface area contributed by atoms with Crippen LogP contribution in [0.5, 0.6) is 0 Å². The minimum Gasteiger partial charge on any atom is -0.345 e. The molecule has 0 bridgehead atoms. The van der Waals surface area contributed by atoms with Gasteiger partial charge in [-0.2, -0.15) is 0 Å². The highest BCUT2D eigenvalue weighted by Crippen LogP contribution is 2.34. The van der Waals surface area contributed by atoms with Gasteiger partial charge in [-0.15, -0.1) is 0 Å². The summed E-state index contributed by atoms with van der Waals surface area (Å²) in [6.07, 6.45) is 5.19. The van der Waals surface area contributed by atoms with Crippen LogP contribution in [0.1, 0.15) is 54.4 Å². The predicted octanol–water partition coefficient (Wildman–Crippen LogP) is 1.35. The molecule has 0 aliphatic carbocycles. The van der Waals surface area contributed by atoms with Crippen LogP contribution in [-0.2, 0) is 23.8 Å². The number of nitrogens with zero attached hydrogens (tertiary/aromatic N) is 5. The number of aromatic nitrogens is 4. The first kappa shape index (κ1) is 19.0. The van der Waals surface area contributed by atoms with Crippen LogP contribution in [0.3, 0.4) is 0 Å². The Morgan fingerprint density at radius 3 is 2.56 bits per heavy atom. The highest BCUT2D eigenvalue weighted by molar-refractivity contribution is 5.92. The van der Waals surface area contributed by atoms with E-state index in [2.05, 4.69) is 27.2 Å². The van der Waals surface area contributed by atoms with E-state index in [1.54, 1.807) is 26.2 Å². The van der Waals surface area contributed by atoms with Crippen LogP contribution < -0.4 is 5.32 Å². The predicted molar refractivity (Wildman–Crippen MR) is 100.0 cm³/mol. The number of imidazole rings is 1. The van der Waals surface area contributed by atoms with Crippen molar-refractivity contribution in [3.63, 3.8) is 0 Å². The number of rotatable bonds is 4. The molecule has 0 spiro atoms. The summed E-state index contributed by atoms with van der Waals surface area (Å²) in [6.45, 7) is 7.30. The summed E-state index contributed by atoms with van der Waals surface area (Å²) in [5.74, 6) is 0.438. The molecule has 0 atom stereocenters. The van der Waals surface area contributed by atoms with Crippen molar-refractivity contribution in [3.05, 3.63) is 41.5 Å². The molecule has 3 heterocycles. The van der Waals surface area contributed by atoms with Gasteiger partial charge in [-0.1, -0.05) is 6.92 Å². The summed E-state index contributed by atoms with van der Waals surface area (Å²) in [7, 11) is 1.89. The molecule has 144 valence electrons. The van der Waals surface area contributed by atoms with E-state index in [0.29, 0.717) is 31.2 Å². The Hall–Kier alpha value is -2.77. The van der Waals surface area contributed by atoms with Gasteiger partial charge in [-0.3, -0.25) is 9.59 Å². The van der Waals surface area contributed by atoms with Crippen LogP contribution >= 0.6 is 0 Å². The lowest BCUT2D eigenvalue weighted by atomic mass is 9.77. The lowest BCUT2D eigenvalue weighted by Gasteiger charge is -2.38. The second-order valence-corrected chi connectivity index (χ2v) is 7.47. The summed E-state index contributed by atoms with van der Waals surface area (Å²) in [4.78, 5) is 39.1. The summed E-state index contributed by atoms with van der Waals surface area (Å²) < 4.78 is 1.84. The molecule has 0 unspecified atom stereocenters. The molecule has 1 saturated heterocycles. The van der Waals surface area contributed by atoms with Gasteiger partial charge in [0.15, 0.2) is 0 Å². The van der Waals surface area contributed by atoms with Gasteiger partial charge < -0.3 is 14.8 Å². The van der Waals surface area contributed by atoms with Gasteiger partial charge in [0, 0.05) is 38.7 Å². The van der Waals surface area contributed by atoms with Crippen molar-refractivity contribution in [3.8, 4) is 0 Å². The average Bonchev–Trinajstić information content (AvgIpc) is 3.05. The maximum Gasteiger partial charge on any atom is 0.270 e. The fourth-order valence-corrected chi connectivity index (χ4v) is 3.38. The highest BCUT2D eigenvalue weighted by atomic mass is 16.2. The topological polar surface area (TPSA) is 93.0 Å². The average molecular weight is 370 g/mol. The molecule has 2 amide bonds. The van der Waals surface area contributed by atoms with E-state index in [1.165, 1.54) is 0 Å². The van der Waals surface area contributed by atoms with Gasteiger partial charge in [0.1, 0.15) is 11.5 Å². The third kappa shape index (κ3) is 4.32. The van der Waals surface area contributed by atoms with Crippen molar-refractivity contribution < 1.29 is 9.59 Å². The molecule has 1 aliphatic rings. The van der Waals surface area contributed by atoms with Crippen LogP contribution in [-0.4, -0.2) is 49.3 Å². The fourth-order valence-electron chi connectivity index (χ4n) is 3.38. The van der Waals surface area contributed by atoms with Crippen molar-refractivity contribution in [2.75, 3.05) is 13.1 Å². The fraction of sp³-hybridized carbons (Fsp3) is 0.526. The SMILES string of the molecule is CC(=O)N1CCC(C)(c2cc(C(=O)NCc3cn(C)cn3)nc(C)n2)CC1. The summed E-state index contributed by atoms with van der Waals surface area (Å²) in [6, 6.07) is 1.78. The molecule has 8 heteroatoms. The Balaban J connectivity index is 1.73. The zero-order valence-electron chi connectivity index (χ0n) is 16.3. The van der Waals surface area contributed by atoms with E-state index >= 15 is 0 Å². The zero-order valence-corrected chi connectivity index (χ0v) is 16.3. The maximum absolute atomic E-state index is 12.6. The van der Waals surface area contributed by atoms with Gasteiger partial charge >= 0.3 is 0 Å². The lowest BCUT2D eigenvalue weighted by Crippen LogP contribution is -2.43. The minimum absolute atomic E-state index is 0.102. The van der Waals surface area contributed by atoms with Crippen molar-refractivity contribution in [2.45, 2.75) is 45.6 Å². The van der Waals surface area contributed by atoms with Crippen molar-refractivity contribution >= 4 is 11.8 Å². The summed E-state index contributed by atoms with van der Waals surface area (Å²) in [5, 5.41) is 2.86. The van der Waals surface area contributed by atoms with Gasteiger partial charge in [-0.25, -0.2) is 15.0 Å². The first-order chi connectivity index (χ1) is 12.8. The standard InChI is InChI=1S/C19H26N6O2/c1-13-22-16(18(27)20-10-15-11-24(4)12-21-15)9-17(23-13)19(3)5-7-25(8-6-19)14(2)26/h9,11-12H,5-8,10H2,1-4H3,(H,20,27). The molecule has 2 aromatic heterocycles. The molecule has 1 aliphatic heterocycles. The van der Waals surface area contributed by atoms with E-state index in [9.17, 15) is 9.59 Å². The van der Waals surface area contributed by atoms with Crippen LogP contribution in [0.2, 0.25) is 0 Å². The maximum atomic E-state index is 12.6. The molecular weight excluding hydrogens is 344 g/mol. The van der Waals surface area contributed by atoms with Gasteiger partial charge in [0.25, 0.3) is 5.91 Å². The van der Waals surface area contributed by atoms with E-state index in [4.69, 9.17) is 0 Å². The molecule has 1 fully saturated rings. The van der Waals surface area contributed by atoms with Crippen LogP contribution in [0.4, 0.5) is 0 Å². The van der Waals surface area contributed by atoms with E-state index < -0.39 is 0 Å². The van der Waals surface area contributed by atoms with Crippen molar-refractivity contribution in [1.82, 2.24) is 29.7 Å². The molecule has 27 heavy (non-hydrogen) atoms. The third-order valence-electron chi connectivity index (χ3n) is 5.19. The second kappa shape index (κ2) is 7.46. The number of nitrogens with one attached hydrogen (secondary N) is 1. The Bertz CT molecular complexity index is 852. The van der Waals surface area contributed by atoms with Gasteiger partial charge in [0.05, 0.1) is 24.3 Å². The minimum atomic E-state index is -0.239. The molecule has 0 aromatic carbocycles. The van der Waals surface area contributed by atoms with Crippen LogP contribution in [0.15, 0.2) is 18.6 Å². The molecule has 0 radical (unpaired) electrons. The van der Waals surface area contributed by atoms with E-state index in [-0.39, 0.29) is 17.2 Å². The number of aryl methyl sites for hydroxylation is 2. The molecular formula is C19H26N6O2. The number of piperidine rings is 1. The number of amides is 2. The number of hydrogen-bond acceptors (Lipinski definition) is 5. The highest BCUT2D eigenvalue weighted by Gasteiger charge is 2.34. The number of likely N-dealkylation sites (tertiary alicyclic amines) is 1. The first-order valence-electron chi connectivity index (χ1n) is 9.13. The normalized spacial score (nSPS) is 16.2. The van der Waals surface area contributed by atoms with E-state index in [1.807, 2.05) is 22.7 Å². The summed E-state index contributed by atoms with van der Waals surface area (Å²) >= 11 is 0. The Morgan fingerprint density at radius 1 is 1.26 bits per heavy atom. The number of carbonyl (C=O) groups excluding carboxylic acids is 2. The Morgan fingerprint density at radius 2 is 1.96 bits per heavy atom. The second-order valence-electron chi connectivity index (χ2n) is 7.47. The van der Waals surface area contributed by atoms with E-state index in [0.717, 1.165) is 24.2 Å². The van der Waals surface area contributed by atoms with Crippen LogP contribution in [0.25, 0.3) is 0 Å². The summed E-state index contributed by atoms with van der Waals surface area (Å²) in [5.41, 5.74) is 1.85. The largest absolute Gasteiger partial charge is 0.345 e. The molecule has 2 aromatic rings. The van der Waals surface area contributed by atoms with Gasteiger partial charge in [-0.05, 0) is 25.8 Å². The number of carbonyl (C=O) groups is 2. The monoisotopic (exact) mass is 370 g/mol. The van der Waals surface area contributed by atoms with Crippen molar-refractivity contribution in [1.29, 1.82) is 0 Å². The van der Waals surface area contributed by atoms with Gasteiger partial charge in [0.2, 0.25) is 5.91 Å². The lowest BCUT2D eigenvalue weighted by molar-refractivity contribution is -0.130. The molecule has 1 N–H and O–H groups in total. The quantitative estimate of drug-likeness (QED) is 0.877. The smallest absolute Gasteiger partial charge is 0.270 e. The zero-order chi connectivity index (χ0) is 19.6. The molecule has 3 rings (SSSR count). The van der Waals surface area contributed by atoms with Crippen molar-refractivity contribution in [2.24, 2.45) is 7.05 Å². The number of hydrogen-bond donors (Lipinski definition) is 1. The first-order valence-corrected chi connectivity index (χ1v) is 9.13. The molecule has 0 saturated carbocycles. The molecule has 8 nitrogen and oxygen atoms in total. The van der Waals surface area contributed by atoms with Crippen LogP contribution in [0, 0.1) is 6.92 Å².